The van der Waals surface area contributed by atoms with E-state index in [1.807, 2.05) is 48.5 Å². The van der Waals surface area contributed by atoms with Gasteiger partial charge in [-0.2, -0.15) is 0 Å². The first-order valence-electron chi connectivity index (χ1n) is 11.5. The first-order valence-corrected chi connectivity index (χ1v) is 12.3. The fourth-order valence-electron chi connectivity index (χ4n) is 4.83. The van der Waals surface area contributed by atoms with Gasteiger partial charge in [0.05, 0.1) is 5.54 Å². The van der Waals surface area contributed by atoms with Crippen molar-refractivity contribution >= 4 is 29.1 Å². The van der Waals surface area contributed by atoms with E-state index in [4.69, 9.17) is 28.9 Å². The van der Waals surface area contributed by atoms with Crippen LogP contribution in [0, 0.1) is 10.8 Å². The minimum Gasteiger partial charge on any atom is -0.354 e. The van der Waals surface area contributed by atoms with Gasteiger partial charge in [-0.15, -0.1) is 0 Å². The lowest BCUT2D eigenvalue weighted by atomic mass is 9.69. The van der Waals surface area contributed by atoms with Crippen molar-refractivity contribution in [3.8, 4) is 0 Å². The van der Waals surface area contributed by atoms with E-state index in [0.717, 1.165) is 17.5 Å². The molecule has 4 nitrogen and oxygen atoms in total. The van der Waals surface area contributed by atoms with E-state index in [-0.39, 0.29) is 28.7 Å². The molecule has 4 unspecified atom stereocenters. The molecule has 180 valence electrons. The summed E-state index contributed by atoms with van der Waals surface area (Å²) in [6, 6.07) is 14.8. The summed E-state index contributed by atoms with van der Waals surface area (Å²) >= 11 is 12.6. The second-order valence-corrected chi connectivity index (χ2v) is 12.6. The SMILES string of the molecule is CC(C)(C)CNC(=O)C1NC(CC(C)(C)C)C(c2ccc(Cl)cc2)C1(N)c1cccc(Cl)c1. The Kier molecular flexibility index (Phi) is 7.55. The standard InChI is InChI=1S/C27H37Cl2N3O/c1-25(2,3)15-21-22(17-10-12-19(28)13-11-17)27(30,18-8-7-9-20(29)14-18)23(32-21)24(33)31-16-26(4,5)6/h7-14,21-23,32H,15-16,30H2,1-6H3,(H,31,33). The number of hydrogen-bond donors (Lipinski definition) is 3. The predicted molar refractivity (Wildman–Crippen MR) is 139 cm³/mol. The quantitative estimate of drug-likeness (QED) is 0.491. The highest BCUT2D eigenvalue weighted by Gasteiger charge is 2.57. The van der Waals surface area contributed by atoms with E-state index in [1.165, 1.54) is 0 Å². The van der Waals surface area contributed by atoms with Gasteiger partial charge < -0.3 is 16.4 Å². The summed E-state index contributed by atoms with van der Waals surface area (Å²) in [7, 11) is 0. The molecular formula is C27H37Cl2N3O. The predicted octanol–water partition coefficient (Wildman–Crippen LogP) is 5.87. The van der Waals surface area contributed by atoms with E-state index in [1.54, 1.807) is 0 Å². The van der Waals surface area contributed by atoms with Crippen LogP contribution in [0.3, 0.4) is 0 Å². The molecule has 1 fully saturated rings. The van der Waals surface area contributed by atoms with Crippen molar-refractivity contribution in [1.82, 2.24) is 10.6 Å². The van der Waals surface area contributed by atoms with Crippen LogP contribution in [-0.2, 0) is 10.3 Å². The average molecular weight is 491 g/mol. The van der Waals surface area contributed by atoms with Gasteiger partial charge in [-0.3, -0.25) is 4.79 Å². The van der Waals surface area contributed by atoms with Gasteiger partial charge in [0.15, 0.2) is 0 Å². The minimum absolute atomic E-state index is 0.0134. The normalized spacial score (nSPS) is 25.8. The highest BCUT2D eigenvalue weighted by atomic mass is 35.5. The Bertz CT molecular complexity index is 978. The third-order valence-corrected chi connectivity index (χ3v) is 6.70. The lowest BCUT2D eigenvalue weighted by Crippen LogP contribution is -2.58. The number of nitrogens with one attached hydrogen (secondary N) is 2. The number of hydrogen-bond acceptors (Lipinski definition) is 3. The Balaban J connectivity index is 2.15. The second-order valence-electron chi connectivity index (χ2n) is 11.7. The highest BCUT2D eigenvalue weighted by Crippen LogP contribution is 2.48. The summed E-state index contributed by atoms with van der Waals surface area (Å²) in [5.74, 6) is -0.249. The number of rotatable bonds is 5. The maximum Gasteiger partial charge on any atom is 0.239 e. The fourth-order valence-corrected chi connectivity index (χ4v) is 5.14. The molecule has 2 aromatic rings. The zero-order chi connectivity index (χ0) is 24.6. The second kappa shape index (κ2) is 9.58. The molecule has 3 rings (SSSR count). The molecular weight excluding hydrogens is 453 g/mol. The van der Waals surface area contributed by atoms with Gasteiger partial charge in [-0.25, -0.2) is 0 Å². The number of carbonyl (C=O) groups is 1. The van der Waals surface area contributed by atoms with Crippen LogP contribution in [0.2, 0.25) is 10.0 Å². The van der Waals surface area contributed by atoms with Gasteiger partial charge in [0, 0.05) is 28.5 Å². The maximum absolute atomic E-state index is 13.6. The first kappa shape index (κ1) is 26.0. The smallest absolute Gasteiger partial charge is 0.239 e. The van der Waals surface area contributed by atoms with Crippen LogP contribution < -0.4 is 16.4 Å². The molecule has 1 aliphatic rings. The van der Waals surface area contributed by atoms with Gasteiger partial charge >= 0.3 is 0 Å². The highest BCUT2D eigenvalue weighted by molar-refractivity contribution is 6.30. The van der Waals surface area contributed by atoms with Crippen molar-refractivity contribution in [3.05, 3.63) is 69.7 Å². The molecule has 2 aromatic carbocycles. The molecule has 0 radical (unpaired) electrons. The summed E-state index contributed by atoms with van der Waals surface area (Å²) < 4.78 is 0. The largest absolute Gasteiger partial charge is 0.354 e. The van der Waals surface area contributed by atoms with Gasteiger partial charge in [0.2, 0.25) is 5.91 Å². The van der Waals surface area contributed by atoms with Crippen LogP contribution in [0.25, 0.3) is 0 Å². The maximum atomic E-state index is 13.6. The van der Waals surface area contributed by atoms with E-state index < -0.39 is 11.6 Å². The Morgan fingerprint density at radius 1 is 1.00 bits per heavy atom. The van der Waals surface area contributed by atoms with Crippen molar-refractivity contribution in [1.29, 1.82) is 0 Å². The van der Waals surface area contributed by atoms with Crippen molar-refractivity contribution in [3.63, 3.8) is 0 Å². The third kappa shape index (κ3) is 6.10. The van der Waals surface area contributed by atoms with Crippen LogP contribution in [0.5, 0.6) is 0 Å². The Morgan fingerprint density at radius 3 is 2.18 bits per heavy atom. The lowest BCUT2D eigenvalue weighted by Gasteiger charge is -2.38. The topological polar surface area (TPSA) is 67.2 Å². The van der Waals surface area contributed by atoms with Crippen LogP contribution in [0.4, 0.5) is 0 Å². The molecule has 0 aliphatic carbocycles. The summed E-state index contributed by atoms with van der Waals surface area (Å²) in [6.07, 6.45) is 0.850. The molecule has 6 heteroatoms. The van der Waals surface area contributed by atoms with Crippen molar-refractivity contribution in [2.24, 2.45) is 16.6 Å². The Labute approximate surface area is 208 Å². The van der Waals surface area contributed by atoms with Crippen LogP contribution in [-0.4, -0.2) is 24.5 Å². The third-order valence-electron chi connectivity index (χ3n) is 6.22. The van der Waals surface area contributed by atoms with Gasteiger partial charge in [0.25, 0.3) is 0 Å². The molecule has 4 N–H and O–H groups in total. The first-order chi connectivity index (χ1) is 15.2. The molecule has 1 saturated heterocycles. The monoisotopic (exact) mass is 489 g/mol. The zero-order valence-electron chi connectivity index (χ0n) is 20.5. The number of amides is 1. The lowest BCUT2D eigenvalue weighted by molar-refractivity contribution is -0.124. The Morgan fingerprint density at radius 2 is 1.64 bits per heavy atom. The number of halogens is 2. The molecule has 0 aromatic heterocycles. The summed E-state index contributed by atoms with van der Waals surface area (Å²) in [4.78, 5) is 13.6. The molecule has 33 heavy (non-hydrogen) atoms. The van der Waals surface area contributed by atoms with E-state index in [9.17, 15) is 4.79 Å². The minimum atomic E-state index is -1.00. The van der Waals surface area contributed by atoms with Crippen molar-refractivity contribution in [2.45, 2.75) is 71.5 Å². The summed E-state index contributed by atoms with van der Waals surface area (Å²) in [5, 5.41) is 8.04. The van der Waals surface area contributed by atoms with Crippen molar-refractivity contribution in [2.75, 3.05) is 6.54 Å². The summed E-state index contributed by atoms with van der Waals surface area (Å²) in [6.45, 7) is 13.5. The van der Waals surface area contributed by atoms with Crippen molar-refractivity contribution < 1.29 is 4.79 Å². The molecule has 1 heterocycles. The van der Waals surface area contributed by atoms with Crippen LogP contribution >= 0.6 is 23.2 Å². The molecule has 4 atom stereocenters. The average Bonchev–Trinajstić information content (AvgIpc) is 2.98. The van der Waals surface area contributed by atoms with E-state index in [2.05, 4.69) is 52.2 Å². The number of nitrogens with two attached hydrogens (primary N) is 1. The number of benzene rings is 2. The molecule has 0 bridgehead atoms. The molecule has 1 aliphatic heterocycles. The van der Waals surface area contributed by atoms with Crippen LogP contribution in [0.1, 0.15) is 65.0 Å². The number of carbonyl (C=O) groups excluding carboxylic acids is 1. The van der Waals surface area contributed by atoms with Crippen LogP contribution in [0.15, 0.2) is 48.5 Å². The summed E-state index contributed by atoms with van der Waals surface area (Å²) in [5.41, 5.74) is 8.23. The Hall–Kier alpha value is -1.59. The van der Waals surface area contributed by atoms with Gasteiger partial charge in [0.1, 0.15) is 6.04 Å². The molecule has 1 amide bonds. The van der Waals surface area contributed by atoms with E-state index >= 15 is 0 Å². The molecule has 0 spiro atoms. The van der Waals surface area contributed by atoms with Gasteiger partial charge in [-0.1, -0.05) is 89.0 Å². The molecule has 0 saturated carbocycles. The fraction of sp³-hybridized carbons (Fsp3) is 0.519. The van der Waals surface area contributed by atoms with Gasteiger partial charge in [-0.05, 0) is 52.6 Å². The zero-order valence-corrected chi connectivity index (χ0v) is 22.0. The van der Waals surface area contributed by atoms with E-state index in [0.29, 0.717) is 16.6 Å².